The predicted molar refractivity (Wildman–Crippen MR) is 82.8 cm³/mol. The number of anilines is 1. The first kappa shape index (κ1) is 17.3. The second-order valence-corrected chi connectivity index (χ2v) is 5.67. The van der Waals surface area contributed by atoms with Gasteiger partial charge in [0, 0.05) is 0 Å². The van der Waals surface area contributed by atoms with E-state index in [1.54, 1.807) is 12.1 Å². The molecule has 6 nitrogen and oxygen atoms in total. The number of methoxy groups -OCH3 is 1. The smallest absolute Gasteiger partial charge is 0.328 e. The molecule has 1 amide bonds. The van der Waals surface area contributed by atoms with Crippen molar-refractivity contribution < 1.29 is 14.3 Å². The Bertz CT molecular complexity index is 479. The molecular formula is C14H21N3O3S. The number of nitrogens with one attached hydrogen (secondary N) is 1. The lowest BCUT2D eigenvalue weighted by molar-refractivity contribution is -0.146. The highest BCUT2D eigenvalue weighted by atomic mass is 32.2. The third-order valence-corrected chi connectivity index (χ3v) is 4.04. The quantitative estimate of drug-likeness (QED) is 0.585. The third-order valence-electron chi connectivity index (χ3n) is 3.09. The standard InChI is InChI=1S/C14H21N3O3S/c1-4-9(2)13(14(19)20-3)17-11(18)8-21-12-6-5-10(15)7-16-12/h5-7,9,13H,4,8,15H2,1-3H3,(H,17,18). The first-order chi connectivity index (χ1) is 9.97. The molecule has 0 saturated carbocycles. The molecule has 0 saturated heterocycles. The molecule has 1 heterocycles. The van der Waals surface area contributed by atoms with Gasteiger partial charge < -0.3 is 15.8 Å². The highest BCUT2D eigenvalue weighted by Crippen LogP contribution is 2.16. The van der Waals surface area contributed by atoms with Gasteiger partial charge in [-0.2, -0.15) is 0 Å². The summed E-state index contributed by atoms with van der Waals surface area (Å²) in [5.74, 6) is -0.454. The van der Waals surface area contributed by atoms with Gasteiger partial charge >= 0.3 is 5.97 Å². The molecular weight excluding hydrogens is 290 g/mol. The number of hydrogen-bond donors (Lipinski definition) is 2. The Hall–Kier alpha value is -1.76. The molecule has 7 heteroatoms. The molecule has 0 aromatic carbocycles. The number of thioether (sulfide) groups is 1. The fourth-order valence-corrected chi connectivity index (χ4v) is 2.28. The van der Waals surface area contributed by atoms with E-state index < -0.39 is 12.0 Å². The van der Waals surface area contributed by atoms with Gasteiger partial charge in [0.05, 0.1) is 29.8 Å². The highest BCUT2D eigenvalue weighted by molar-refractivity contribution is 7.99. The minimum atomic E-state index is -0.618. The fourth-order valence-electron chi connectivity index (χ4n) is 1.63. The van der Waals surface area contributed by atoms with E-state index in [-0.39, 0.29) is 17.6 Å². The van der Waals surface area contributed by atoms with Gasteiger partial charge in [-0.3, -0.25) is 4.79 Å². The van der Waals surface area contributed by atoms with Gasteiger partial charge in [-0.1, -0.05) is 32.0 Å². The van der Waals surface area contributed by atoms with Crippen LogP contribution in [0.2, 0.25) is 0 Å². The summed E-state index contributed by atoms with van der Waals surface area (Å²) < 4.78 is 4.73. The van der Waals surface area contributed by atoms with Crippen LogP contribution in [0.4, 0.5) is 5.69 Å². The predicted octanol–water partition coefficient (Wildman–Crippen LogP) is 1.46. The Kier molecular flexibility index (Phi) is 7.01. The normalized spacial score (nSPS) is 13.3. The summed E-state index contributed by atoms with van der Waals surface area (Å²) in [6.45, 7) is 3.86. The van der Waals surface area contributed by atoms with Crippen LogP contribution in [0.25, 0.3) is 0 Å². The Labute approximate surface area is 128 Å². The second-order valence-electron chi connectivity index (χ2n) is 4.67. The van der Waals surface area contributed by atoms with Crippen LogP contribution in [0.1, 0.15) is 20.3 Å². The maximum atomic E-state index is 11.9. The van der Waals surface area contributed by atoms with Crippen LogP contribution in [-0.4, -0.2) is 35.8 Å². The van der Waals surface area contributed by atoms with E-state index in [0.29, 0.717) is 10.7 Å². The molecule has 0 aliphatic carbocycles. The SMILES string of the molecule is CCC(C)C(NC(=O)CSc1ccc(N)cn1)C(=O)OC. The zero-order valence-corrected chi connectivity index (χ0v) is 13.3. The lowest BCUT2D eigenvalue weighted by atomic mass is 9.99. The zero-order chi connectivity index (χ0) is 15.8. The lowest BCUT2D eigenvalue weighted by Crippen LogP contribution is -2.46. The molecule has 21 heavy (non-hydrogen) atoms. The molecule has 0 bridgehead atoms. The number of aromatic nitrogens is 1. The fraction of sp³-hybridized carbons (Fsp3) is 0.500. The minimum Gasteiger partial charge on any atom is -0.467 e. The van der Waals surface area contributed by atoms with Gasteiger partial charge in [0.25, 0.3) is 0 Å². The van der Waals surface area contributed by atoms with E-state index in [9.17, 15) is 9.59 Å². The summed E-state index contributed by atoms with van der Waals surface area (Å²) in [6.07, 6.45) is 2.31. The lowest BCUT2D eigenvalue weighted by Gasteiger charge is -2.21. The van der Waals surface area contributed by atoms with Crippen molar-refractivity contribution in [3.8, 4) is 0 Å². The van der Waals surface area contributed by atoms with Crippen molar-refractivity contribution in [2.45, 2.75) is 31.3 Å². The van der Waals surface area contributed by atoms with E-state index in [0.717, 1.165) is 6.42 Å². The van der Waals surface area contributed by atoms with Crippen LogP contribution < -0.4 is 11.1 Å². The molecule has 0 fully saturated rings. The molecule has 0 spiro atoms. The van der Waals surface area contributed by atoms with E-state index in [2.05, 4.69) is 10.3 Å². The summed E-state index contributed by atoms with van der Waals surface area (Å²) in [5.41, 5.74) is 6.12. The second kappa shape index (κ2) is 8.51. The number of esters is 1. The number of carbonyl (C=O) groups is 2. The molecule has 2 atom stereocenters. The van der Waals surface area contributed by atoms with Crippen LogP contribution in [0.5, 0.6) is 0 Å². The molecule has 116 valence electrons. The average molecular weight is 311 g/mol. The van der Waals surface area contributed by atoms with Crippen molar-refractivity contribution in [2.24, 2.45) is 5.92 Å². The van der Waals surface area contributed by atoms with Crippen molar-refractivity contribution >= 4 is 29.3 Å². The Morgan fingerprint density at radius 2 is 2.19 bits per heavy atom. The number of amides is 1. The molecule has 0 aliphatic rings. The topological polar surface area (TPSA) is 94.3 Å². The van der Waals surface area contributed by atoms with Crippen molar-refractivity contribution in [1.82, 2.24) is 10.3 Å². The van der Waals surface area contributed by atoms with Crippen molar-refractivity contribution in [3.05, 3.63) is 18.3 Å². The van der Waals surface area contributed by atoms with E-state index in [1.165, 1.54) is 25.1 Å². The number of ether oxygens (including phenoxy) is 1. The largest absolute Gasteiger partial charge is 0.467 e. The van der Waals surface area contributed by atoms with Crippen LogP contribution in [0, 0.1) is 5.92 Å². The molecule has 0 aliphatic heterocycles. The molecule has 1 aromatic rings. The zero-order valence-electron chi connectivity index (χ0n) is 12.5. The number of carbonyl (C=O) groups excluding carboxylic acids is 2. The number of nitrogens with zero attached hydrogens (tertiary/aromatic N) is 1. The molecule has 1 aromatic heterocycles. The van der Waals surface area contributed by atoms with Gasteiger partial charge in [0.1, 0.15) is 6.04 Å². The molecule has 3 N–H and O–H groups in total. The number of rotatable bonds is 7. The highest BCUT2D eigenvalue weighted by Gasteiger charge is 2.26. The molecule has 2 unspecified atom stereocenters. The Morgan fingerprint density at radius 1 is 1.48 bits per heavy atom. The van der Waals surface area contributed by atoms with Gasteiger partial charge in [-0.05, 0) is 18.1 Å². The average Bonchev–Trinajstić information content (AvgIpc) is 2.50. The number of nitrogen functional groups attached to an aromatic ring is 1. The van der Waals surface area contributed by atoms with Crippen LogP contribution >= 0.6 is 11.8 Å². The van der Waals surface area contributed by atoms with Crippen LogP contribution in [-0.2, 0) is 14.3 Å². The molecule has 1 rings (SSSR count). The summed E-state index contributed by atoms with van der Waals surface area (Å²) in [7, 11) is 1.32. The van der Waals surface area contributed by atoms with E-state index in [1.807, 2.05) is 13.8 Å². The van der Waals surface area contributed by atoms with E-state index in [4.69, 9.17) is 10.5 Å². The first-order valence-electron chi connectivity index (χ1n) is 6.69. The van der Waals surface area contributed by atoms with Crippen molar-refractivity contribution in [3.63, 3.8) is 0 Å². The summed E-state index contributed by atoms with van der Waals surface area (Å²) in [6, 6.07) is 2.86. The summed E-state index contributed by atoms with van der Waals surface area (Å²) >= 11 is 1.29. The Balaban J connectivity index is 2.53. The van der Waals surface area contributed by atoms with Crippen molar-refractivity contribution in [2.75, 3.05) is 18.6 Å². The van der Waals surface area contributed by atoms with E-state index >= 15 is 0 Å². The van der Waals surface area contributed by atoms with Gasteiger partial charge in [-0.15, -0.1) is 0 Å². The number of hydrogen-bond acceptors (Lipinski definition) is 6. The minimum absolute atomic E-state index is 0.0149. The maximum Gasteiger partial charge on any atom is 0.328 e. The van der Waals surface area contributed by atoms with Gasteiger partial charge in [-0.25, -0.2) is 9.78 Å². The third kappa shape index (κ3) is 5.63. The first-order valence-corrected chi connectivity index (χ1v) is 7.68. The number of pyridine rings is 1. The summed E-state index contributed by atoms with van der Waals surface area (Å²) in [4.78, 5) is 27.7. The van der Waals surface area contributed by atoms with Crippen LogP contribution in [0.15, 0.2) is 23.4 Å². The van der Waals surface area contributed by atoms with Gasteiger partial charge in [0.15, 0.2) is 0 Å². The van der Waals surface area contributed by atoms with Crippen LogP contribution in [0.3, 0.4) is 0 Å². The van der Waals surface area contributed by atoms with Gasteiger partial charge in [0.2, 0.25) is 5.91 Å². The van der Waals surface area contributed by atoms with Crippen molar-refractivity contribution in [1.29, 1.82) is 0 Å². The Morgan fingerprint density at radius 3 is 2.71 bits per heavy atom. The monoisotopic (exact) mass is 311 g/mol. The number of nitrogens with two attached hydrogens (primary N) is 1. The molecule has 0 radical (unpaired) electrons. The maximum absolute atomic E-state index is 11.9. The summed E-state index contributed by atoms with van der Waals surface area (Å²) in [5, 5.41) is 3.42.